The van der Waals surface area contributed by atoms with E-state index in [0.29, 0.717) is 18.4 Å². The molecule has 4 heterocycles. The van der Waals surface area contributed by atoms with E-state index in [9.17, 15) is 14.4 Å². The SMILES string of the molecule is CC(C)(C)OC(=O)N1C2CCC1CC(n1nc(-c3cc(Cl)c(NC(=O)OCc4ccccc4)c4c3OCCO4)oc1=O)C2. The van der Waals surface area contributed by atoms with Gasteiger partial charge in [-0.2, -0.15) is 4.68 Å². The minimum Gasteiger partial charge on any atom is -0.485 e. The summed E-state index contributed by atoms with van der Waals surface area (Å²) in [6, 6.07) is 10.4. The lowest BCUT2D eigenvalue weighted by Gasteiger charge is -2.39. The van der Waals surface area contributed by atoms with E-state index in [0.717, 1.165) is 18.4 Å². The summed E-state index contributed by atoms with van der Waals surface area (Å²) >= 11 is 6.60. The summed E-state index contributed by atoms with van der Waals surface area (Å²) in [7, 11) is 0. The molecule has 2 amide bonds. The summed E-state index contributed by atoms with van der Waals surface area (Å²) in [6.45, 7) is 6.06. The zero-order valence-corrected chi connectivity index (χ0v) is 24.9. The predicted octanol–water partition coefficient (Wildman–Crippen LogP) is 5.78. The molecule has 1 aromatic heterocycles. The Hall–Kier alpha value is -4.19. The number of rotatable bonds is 5. The summed E-state index contributed by atoms with van der Waals surface area (Å²) in [5, 5.41) is 7.29. The first-order chi connectivity index (χ1) is 20.6. The molecule has 0 radical (unpaired) electrons. The number of hydrogen-bond acceptors (Lipinski definition) is 9. The molecule has 1 N–H and O–H groups in total. The average molecular weight is 613 g/mol. The first kappa shape index (κ1) is 28.9. The summed E-state index contributed by atoms with van der Waals surface area (Å²) in [5.41, 5.74) is 0.722. The minimum atomic E-state index is -0.724. The molecule has 12 nitrogen and oxygen atoms in total. The Labute approximate surface area is 252 Å². The highest BCUT2D eigenvalue weighted by Crippen LogP contribution is 2.49. The maximum Gasteiger partial charge on any atom is 0.437 e. The molecular formula is C30H33ClN4O8. The number of aromatic nitrogens is 2. The normalized spacial score (nSPS) is 20.9. The van der Waals surface area contributed by atoms with Gasteiger partial charge < -0.3 is 28.3 Å². The van der Waals surface area contributed by atoms with E-state index in [2.05, 4.69) is 10.4 Å². The number of carbonyl (C=O) groups excluding carboxylic acids is 2. The van der Waals surface area contributed by atoms with Crippen LogP contribution in [0.5, 0.6) is 11.5 Å². The lowest BCUT2D eigenvalue weighted by atomic mass is 9.98. The molecular weight excluding hydrogens is 580 g/mol. The van der Waals surface area contributed by atoms with Crippen molar-refractivity contribution < 1.29 is 33.0 Å². The molecule has 0 spiro atoms. The van der Waals surface area contributed by atoms with Crippen LogP contribution in [-0.2, 0) is 16.1 Å². The van der Waals surface area contributed by atoms with E-state index < -0.39 is 17.5 Å². The number of piperidine rings is 1. The summed E-state index contributed by atoms with van der Waals surface area (Å²) in [5.74, 6) is -0.194. The van der Waals surface area contributed by atoms with Crippen LogP contribution in [0.15, 0.2) is 45.6 Å². The Morgan fingerprint density at radius 2 is 1.72 bits per heavy atom. The number of anilines is 1. The molecule has 2 fully saturated rings. The third-order valence-corrected chi connectivity index (χ3v) is 7.96. The molecule has 2 unspecified atom stereocenters. The number of amides is 2. The highest BCUT2D eigenvalue weighted by atomic mass is 35.5. The minimum absolute atomic E-state index is 0.00812. The maximum atomic E-state index is 13.1. The quantitative estimate of drug-likeness (QED) is 0.380. The van der Waals surface area contributed by atoms with Gasteiger partial charge in [0.2, 0.25) is 0 Å². The Morgan fingerprint density at radius 3 is 2.40 bits per heavy atom. The van der Waals surface area contributed by atoms with Gasteiger partial charge in [-0.05, 0) is 58.1 Å². The van der Waals surface area contributed by atoms with Gasteiger partial charge in [-0.25, -0.2) is 14.4 Å². The number of carbonyl (C=O) groups is 2. The van der Waals surface area contributed by atoms with Crippen LogP contribution in [0.3, 0.4) is 0 Å². The van der Waals surface area contributed by atoms with Crippen molar-refractivity contribution in [1.82, 2.24) is 14.7 Å². The summed E-state index contributed by atoms with van der Waals surface area (Å²) < 4.78 is 29.6. The van der Waals surface area contributed by atoms with Crippen molar-refractivity contribution in [2.45, 2.75) is 76.8 Å². The molecule has 6 rings (SSSR count). The van der Waals surface area contributed by atoms with Gasteiger partial charge >= 0.3 is 17.9 Å². The Kier molecular flexibility index (Phi) is 7.72. The number of benzene rings is 2. The van der Waals surface area contributed by atoms with Crippen LogP contribution >= 0.6 is 11.6 Å². The third-order valence-electron chi connectivity index (χ3n) is 7.66. The van der Waals surface area contributed by atoms with Gasteiger partial charge in [0, 0.05) is 12.1 Å². The van der Waals surface area contributed by atoms with E-state index in [1.165, 1.54) is 10.7 Å². The van der Waals surface area contributed by atoms with Crippen molar-refractivity contribution in [1.29, 1.82) is 0 Å². The van der Waals surface area contributed by atoms with Gasteiger partial charge in [0.15, 0.2) is 11.5 Å². The van der Waals surface area contributed by atoms with Gasteiger partial charge in [-0.15, -0.1) is 5.10 Å². The number of ether oxygens (including phenoxy) is 4. The van der Waals surface area contributed by atoms with Crippen LogP contribution in [0, 0.1) is 0 Å². The van der Waals surface area contributed by atoms with Crippen molar-refractivity contribution in [3.63, 3.8) is 0 Å². The van der Waals surface area contributed by atoms with Gasteiger partial charge in [0.1, 0.15) is 31.1 Å². The molecule has 2 bridgehead atoms. The second-order valence-electron chi connectivity index (χ2n) is 11.8. The number of halogens is 1. The topological polar surface area (TPSA) is 134 Å². The van der Waals surface area contributed by atoms with Crippen molar-refractivity contribution in [3.8, 4) is 23.0 Å². The predicted molar refractivity (Wildman–Crippen MR) is 156 cm³/mol. The molecule has 228 valence electrons. The van der Waals surface area contributed by atoms with Crippen molar-refractivity contribution in [2.24, 2.45) is 0 Å². The Morgan fingerprint density at radius 1 is 1.05 bits per heavy atom. The molecule has 2 aromatic carbocycles. The van der Waals surface area contributed by atoms with Gasteiger partial charge in [-0.1, -0.05) is 41.9 Å². The van der Waals surface area contributed by atoms with Crippen LogP contribution in [0.25, 0.3) is 11.5 Å². The van der Waals surface area contributed by atoms with Crippen LogP contribution < -0.4 is 20.5 Å². The molecule has 3 aromatic rings. The lowest BCUT2D eigenvalue weighted by molar-refractivity contribution is 0.00201. The van der Waals surface area contributed by atoms with E-state index in [1.807, 2.05) is 56.0 Å². The Bertz CT molecular complexity index is 1570. The van der Waals surface area contributed by atoms with E-state index in [4.69, 9.17) is 35.0 Å². The highest BCUT2D eigenvalue weighted by molar-refractivity contribution is 6.34. The molecule has 3 aliphatic heterocycles. The second kappa shape index (κ2) is 11.5. The first-order valence-electron chi connectivity index (χ1n) is 14.3. The largest absolute Gasteiger partial charge is 0.485 e. The molecule has 43 heavy (non-hydrogen) atoms. The average Bonchev–Trinajstić information content (AvgIpc) is 3.49. The molecule has 2 saturated heterocycles. The molecule has 0 aliphatic carbocycles. The lowest BCUT2D eigenvalue weighted by Crippen LogP contribution is -2.49. The fraction of sp³-hybridized carbons (Fsp3) is 0.467. The smallest absolute Gasteiger partial charge is 0.437 e. The zero-order valence-electron chi connectivity index (χ0n) is 24.1. The van der Waals surface area contributed by atoms with Crippen LogP contribution in [0.4, 0.5) is 15.3 Å². The summed E-state index contributed by atoms with van der Waals surface area (Å²) in [4.78, 5) is 40.3. The van der Waals surface area contributed by atoms with E-state index in [1.54, 1.807) is 0 Å². The van der Waals surface area contributed by atoms with Gasteiger partial charge in [0.25, 0.3) is 5.89 Å². The van der Waals surface area contributed by atoms with Crippen LogP contribution in [-0.4, -0.2) is 57.8 Å². The second-order valence-corrected chi connectivity index (χ2v) is 12.2. The molecule has 2 atom stereocenters. The highest BCUT2D eigenvalue weighted by Gasteiger charge is 2.46. The Balaban J connectivity index is 1.22. The third kappa shape index (κ3) is 6.01. The van der Waals surface area contributed by atoms with Crippen molar-refractivity contribution in [3.05, 3.63) is 57.5 Å². The first-order valence-corrected chi connectivity index (χ1v) is 14.7. The van der Waals surface area contributed by atoms with Crippen LogP contribution in [0.1, 0.15) is 58.1 Å². The number of nitrogens with one attached hydrogen (secondary N) is 1. The van der Waals surface area contributed by atoms with E-state index >= 15 is 0 Å². The van der Waals surface area contributed by atoms with Crippen molar-refractivity contribution >= 4 is 29.5 Å². The number of fused-ring (bicyclic) bond motifs is 3. The van der Waals surface area contributed by atoms with E-state index in [-0.39, 0.29) is 72.1 Å². The standard InChI is InChI=1S/C30H33ClN4O8/c1-30(2,3)43-28(37)34-18-9-10-19(34)14-20(13-18)35-29(38)42-26(33-35)21-15-22(31)23(25-24(21)39-11-12-40-25)32-27(36)41-16-17-7-5-4-6-8-17/h4-8,15,18-20H,9-14,16H2,1-3H3,(H,32,36). The number of nitrogens with zero attached hydrogens (tertiary/aromatic N) is 3. The number of hydrogen-bond donors (Lipinski definition) is 1. The molecule has 13 heteroatoms. The fourth-order valence-corrected chi connectivity index (χ4v) is 6.14. The summed E-state index contributed by atoms with van der Waals surface area (Å²) in [6.07, 6.45) is 1.70. The fourth-order valence-electron chi connectivity index (χ4n) is 5.90. The zero-order chi connectivity index (χ0) is 30.3. The maximum absolute atomic E-state index is 13.1. The molecule has 3 aliphatic rings. The van der Waals surface area contributed by atoms with Crippen LogP contribution in [0.2, 0.25) is 5.02 Å². The monoisotopic (exact) mass is 612 g/mol. The molecule has 0 saturated carbocycles. The van der Waals surface area contributed by atoms with Crippen molar-refractivity contribution in [2.75, 3.05) is 18.5 Å². The van der Waals surface area contributed by atoms with Gasteiger partial charge in [-0.3, -0.25) is 5.32 Å². The van der Waals surface area contributed by atoms with Gasteiger partial charge in [0.05, 0.1) is 16.6 Å².